The van der Waals surface area contributed by atoms with E-state index in [0.717, 1.165) is 17.0 Å². The van der Waals surface area contributed by atoms with Crippen LogP contribution in [0.4, 0.5) is 33.7 Å². The minimum atomic E-state index is -5.23. The predicted molar refractivity (Wildman–Crippen MR) is 161 cm³/mol. The minimum absolute atomic E-state index is 0.0264. The number of carbonyl (C=O) groups excluding carboxylic acids is 4. The quantitative estimate of drug-likeness (QED) is 0.293. The highest BCUT2D eigenvalue weighted by Crippen LogP contribution is 2.66. The first-order valence-corrected chi connectivity index (χ1v) is 14.9. The Balaban J connectivity index is 1.72. The number of halogens is 4. The van der Waals surface area contributed by atoms with Gasteiger partial charge in [-0.25, -0.2) is 14.1 Å². The minimum Gasteiger partial charge on any atom is -0.466 e. The first-order valence-electron chi connectivity index (χ1n) is 14.9. The SMILES string of the molecule is CCOC(=O)[C@H]1[C@H](C(F)(F)F)N[C@]2(C(=O)N(Cc3ccccc3)c3ccc(F)cc32)[C@]12C(=O)N(C(=O)OC(C)(C)C)c1ccccc12. The van der Waals surface area contributed by atoms with Crippen molar-refractivity contribution in [3.8, 4) is 0 Å². The number of hydrogen-bond acceptors (Lipinski definition) is 7. The van der Waals surface area contributed by atoms with Gasteiger partial charge in [-0.15, -0.1) is 0 Å². The summed E-state index contributed by atoms with van der Waals surface area (Å²) in [7, 11) is 0. The average molecular weight is 654 g/mol. The lowest BCUT2D eigenvalue weighted by atomic mass is 9.58. The number of hydrogen-bond donors (Lipinski definition) is 1. The summed E-state index contributed by atoms with van der Waals surface area (Å²) in [5.74, 6) is -7.13. The molecule has 1 N–H and O–H groups in total. The molecule has 6 rings (SSSR count). The zero-order valence-corrected chi connectivity index (χ0v) is 25.9. The van der Waals surface area contributed by atoms with Crippen LogP contribution in [-0.4, -0.2) is 48.3 Å². The van der Waals surface area contributed by atoms with E-state index < -0.39 is 64.4 Å². The fourth-order valence-corrected chi connectivity index (χ4v) is 7.20. The Hall–Kier alpha value is -4.78. The van der Waals surface area contributed by atoms with Crippen LogP contribution in [0.3, 0.4) is 0 Å². The van der Waals surface area contributed by atoms with Gasteiger partial charge in [0.05, 0.1) is 18.8 Å². The number of benzene rings is 3. The van der Waals surface area contributed by atoms with E-state index in [1.165, 1.54) is 58.0 Å². The summed E-state index contributed by atoms with van der Waals surface area (Å²) in [5.41, 5.74) is -6.77. The molecule has 0 saturated carbocycles. The summed E-state index contributed by atoms with van der Waals surface area (Å²) < 4.78 is 71.5. The van der Waals surface area contributed by atoms with Gasteiger partial charge in [-0.1, -0.05) is 48.5 Å². The third-order valence-corrected chi connectivity index (χ3v) is 8.75. The van der Waals surface area contributed by atoms with Gasteiger partial charge in [0.1, 0.15) is 34.3 Å². The molecule has 246 valence electrons. The average Bonchev–Trinajstić information content (AvgIpc) is 3.55. The Morgan fingerprint density at radius 1 is 0.894 bits per heavy atom. The first kappa shape index (κ1) is 32.2. The van der Waals surface area contributed by atoms with E-state index in [2.05, 4.69) is 5.32 Å². The predicted octanol–water partition coefficient (Wildman–Crippen LogP) is 5.50. The Morgan fingerprint density at radius 3 is 2.19 bits per heavy atom. The van der Waals surface area contributed by atoms with Crippen LogP contribution in [0.5, 0.6) is 0 Å². The van der Waals surface area contributed by atoms with Gasteiger partial charge in [-0.05, 0) is 63.1 Å². The smallest absolute Gasteiger partial charge is 0.421 e. The van der Waals surface area contributed by atoms with Crippen molar-refractivity contribution >= 4 is 35.3 Å². The normalized spacial score (nSPS) is 25.0. The number of amides is 3. The number of imide groups is 1. The zero-order chi connectivity index (χ0) is 34.1. The van der Waals surface area contributed by atoms with E-state index >= 15 is 27.2 Å². The molecule has 1 saturated heterocycles. The number of alkyl halides is 3. The molecule has 3 aliphatic rings. The van der Waals surface area contributed by atoms with Gasteiger partial charge in [-0.3, -0.25) is 19.7 Å². The third-order valence-electron chi connectivity index (χ3n) is 8.75. The van der Waals surface area contributed by atoms with Crippen molar-refractivity contribution in [1.82, 2.24) is 5.32 Å². The van der Waals surface area contributed by atoms with E-state index in [1.807, 2.05) is 0 Å². The summed E-state index contributed by atoms with van der Waals surface area (Å²) >= 11 is 0. The molecule has 0 bridgehead atoms. The molecule has 9 nitrogen and oxygen atoms in total. The molecule has 2 spiro atoms. The Bertz CT molecular complexity index is 1790. The molecule has 0 unspecified atom stereocenters. The molecule has 3 aromatic carbocycles. The summed E-state index contributed by atoms with van der Waals surface area (Å²) in [6.07, 6.45) is -6.46. The second-order valence-corrected chi connectivity index (χ2v) is 12.6. The van der Waals surface area contributed by atoms with Crippen molar-refractivity contribution in [3.63, 3.8) is 0 Å². The number of nitrogens with one attached hydrogen (secondary N) is 1. The fourth-order valence-electron chi connectivity index (χ4n) is 7.20. The van der Waals surface area contributed by atoms with Gasteiger partial charge in [0.2, 0.25) is 0 Å². The molecule has 3 aliphatic heterocycles. The van der Waals surface area contributed by atoms with Gasteiger partial charge in [-0.2, -0.15) is 13.2 Å². The summed E-state index contributed by atoms with van der Waals surface area (Å²) in [6, 6.07) is 14.4. The molecule has 1 fully saturated rings. The lowest BCUT2D eigenvalue weighted by Crippen LogP contribution is -2.64. The van der Waals surface area contributed by atoms with Crippen LogP contribution in [0.25, 0.3) is 0 Å². The fraction of sp³-hybridized carbons (Fsp3) is 0.353. The van der Waals surface area contributed by atoms with Gasteiger partial charge in [0.15, 0.2) is 0 Å². The van der Waals surface area contributed by atoms with E-state index in [9.17, 15) is 9.59 Å². The molecule has 4 atom stereocenters. The van der Waals surface area contributed by atoms with Crippen LogP contribution in [0.2, 0.25) is 0 Å². The van der Waals surface area contributed by atoms with Crippen molar-refractivity contribution in [2.45, 2.75) is 63.0 Å². The van der Waals surface area contributed by atoms with Crippen molar-refractivity contribution in [1.29, 1.82) is 0 Å². The van der Waals surface area contributed by atoms with Crippen LogP contribution < -0.4 is 15.1 Å². The van der Waals surface area contributed by atoms with Crippen LogP contribution in [-0.2, 0) is 41.4 Å². The standard InChI is InChI=1S/C34H31F4N3O6/c1-5-46-27(42)25-26(34(36,37)38)39-33(22-17-20(35)15-16-23(22)40(29(33)44)18-19-11-7-6-8-12-19)32(25)21-13-9-10-14-24(21)41(28(32)43)30(45)47-31(2,3)4/h6-17,25-26,39H,5,18H2,1-4H3/t25-,26-,32+,33-/m1/s1. The van der Waals surface area contributed by atoms with Crippen LogP contribution in [0.1, 0.15) is 44.4 Å². The highest BCUT2D eigenvalue weighted by molar-refractivity contribution is 6.27. The molecule has 13 heteroatoms. The largest absolute Gasteiger partial charge is 0.466 e. The van der Waals surface area contributed by atoms with Crippen LogP contribution in [0.15, 0.2) is 72.8 Å². The molecule has 0 aliphatic carbocycles. The number of fused-ring (bicyclic) bond motifs is 5. The summed E-state index contributed by atoms with van der Waals surface area (Å²) in [5, 5.41) is 2.37. The van der Waals surface area contributed by atoms with Crippen molar-refractivity contribution in [2.75, 3.05) is 16.4 Å². The van der Waals surface area contributed by atoms with Crippen molar-refractivity contribution in [3.05, 3.63) is 95.3 Å². The van der Waals surface area contributed by atoms with E-state index in [-0.39, 0.29) is 35.7 Å². The Morgan fingerprint density at radius 2 is 1.55 bits per heavy atom. The lowest BCUT2D eigenvalue weighted by Gasteiger charge is -2.40. The van der Waals surface area contributed by atoms with E-state index in [4.69, 9.17) is 9.47 Å². The van der Waals surface area contributed by atoms with Gasteiger partial charge in [0.25, 0.3) is 11.8 Å². The maximum Gasteiger partial charge on any atom is 0.421 e. The van der Waals surface area contributed by atoms with Gasteiger partial charge >= 0.3 is 18.2 Å². The first-order chi connectivity index (χ1) is 22.1. The van der Waals surface area contributed by atoms with Crippen molar-refractivity contribution < 1.29 is 46.2 Å². The van der Waals surface area contributed by atoms with Crippen LogP contribution in [0, 0.1) is 11.7 Å². The summed E-state index contributed by atoms with van der Waals surface area (Å²) in [4.78, 5) is 59.5. The van der Waals surface area contributed by atoms with Crippen molar-refractivity contribution in [2.24, 2.45) is 5.92 Å². The summed E-state index contributed by atoms with van der Waals surface area (Å²) in [6.45, 7) is 5.48. The number of nitrogens with zero attached hydrogens (tertiary/aromatic N) is 2. The molecule has 3 aromatic rings. The van der Waals surface area contributed by atoms with Gasteiger partial charge < -0.3 is 14.4 Å². The number of anilines is 2. The molecule has 47 heavy (non-hydrogen) atoms. The second kappa shape index (κ2) is 10.9. The molecule has 0 aromatic heterocycles. The van der Waals surface area contributed by atoms with Gasteiger partial charge in [0, 0.05) is 11.3 Å². The third kappa shape index (κ3) is 4.61. The number of rotatable bonds is 4. The Kier molecular flexibility index (Phi) is 7.46. The van der Waals surface area contributed by atoms with E-state index in [0.29, 0.717) is 10.5 Å². The highest BCUT2D eigenvalue weighted by atomic mass is 19.4. The number of para-hydroxylation sites is 1. The zero-order valence-electron chi connectivity index (χ0n) is 25.9. The molecule has 0 radical (unpaired) electrons. The number of esters is 1. The molecular weight excluding hydrogens is 622 g/mol. The lowest BCUT2D eigenvalue weighted by molar-refractivity contribution is -0.179. The molecule has 3 heterocycles. The number of carbonyl (C=O) groups is 4. The topological polar surface area (TPSA) is 105 Å². The Labute approximate surface area is 267 Å². The van der Waals surface area contributed by atoms with Crippen LogP contribution >= 0.6 is 0 Å². The number of ether oxygens (including phenoxy) is 2. The maximum absolute atomic E-state index is 15.2. The monoisotopic (exact) mass is 653 g/mol. The molecule has 3 amide bonds. The maximum atomic E-state index is 15.2. The highest BCUT2D eigenvalue weighted by Gasteiger charge is 2.83. The second-order valence-electron chi connectivity index (χ2n) is 12.6. The van der Waals surface area contributed by atoms with E-state index in [1.54, 1.807) is 30.3 Å². The molecular formula is C34H31F4N3O6.